The molecular weight excluding hydrogens is 308 g/mol. The van der Waals surface area contributed by atoms with Gasteiger partial charge in [0.05, 0.1) is 11.0 Å². The molecule has 1 aromatic carbocycles. The lowest BCUT2D eigenvalue weighted by Crippen LogP contribution is -2.36. The van der Waals surface area contributed by atoms with Gasteiger partial charge in [-0.25, -0.2) is 0 Å². The summed E-state index contributed by atoms with van der Waals surface area (Å²) in [5.41, 5.74) is 1.13. The minimum absolute atomic E-state index is 0.203. The van der Waals surface area contributed by atoms with Crippen molar-refractivity contribution in [1.82, 2.24) is 10.6 Å². The first kappa shape index (κ1) is 15.5. The number of rotatable bonds is 6. The van der Waals surface area contributed by atoms with Gasteiger partial charge in [0.25, 0.3) is 5.91 Å². The summed E-state index contributed by atoms with van der Waals surface area (Å²) in [7, 11) is 1.89. The van der Waals surface area contributed by atoms with Gasteiger partial charge in [0.2, 0.25) is 0 Å². The van der Waals surface area contributed by atoms with E-state index in [1.807, 2.05) is 25.2 Å². The van der Waals surface area contributed by atoms with Gasteiger partial charge in [-0.05, 0) is 47.6 Å². The lowest BCUT2D eigenvalue weighted by Gasteiger charge is -2.15. The predicted octanol–water partition coefficient (Wildman–Crippen LogP) is 1.69. The SMILES string of the molecule is C#CCNC(=O)C(C)Oc1ccc(CNC)cc1Br. The molecule has 19 heavy (non-hydrogen) atoms. The highest BCUT2D eigenvalue weighted by Gasteiger charge is 2.15. The number of terminal acetylenes is 1. The molecule has 1 atom stereocenters. The van der Waals surface area contributed by atoms with Gasteiger partial charge >= 0.3 is 0 Å². The Labute approximate surface area is 122 Å². The van der Waals surface area contributed by atoms with Crippen LogP contribution in [0.15, 0.2) is 22.7 Å². The van der Waals surface area contributed by atoms with Crippen LogP contribution >= 0.6 is 15.9 Å². The van der Waals surface area contributed by atoms with Crippen molar-refractivity contribution in [3.8, 4) is 18.1 Å². The highest BCUT2D eigenvalue weighted by Crippen LogP contribution is 2.26. The van der Waals surface area contributed by atoms with Gasteiger partial charge in [-0.15, -0.1) is 6.42 Å². The molecule has 1 rings (SSSR count). The number of hydrogen-bond donors (Lipinski definition) is 2. The first-order chi connectivity index (χ1) is 9.08. The number of benzene rings is 1. The molecule has 0 spiro atoms. The molecule has 4 nitrogen and oxygen atoms in total. The normalized spacial score (nSPS) is 11.5. The maximum atomic E-state index is 11.6. The second-order valence-corrected chi connectivity index (χ2v) is 4.83. The fourth-order valence-corrected chi connectivity index (χ4v) is 2.00. The average Bonchev–Trinajstić information content (AvgIpc) is 2.39. The molecule has 0 fully saturated rings. The van der Waals surface area contributed by atoms with Crippen LogP contribution in [0.4, 0.5) is 0 Å². The largest absolute Gasteiger partial charge is 0.480 e. The number of hydrogen-bond acceptors (Lipinski definition) is 3. The summed E-state index contributed by atoms with van der Waals surface area (Å²) in [6, 6.07) is 5.74. The molecule has 0 saturated heterocycles. The van der Waals surface area contributed by atoms with Crippen LogP contribution in [-0.2, 0) is 11.3 Å². The zero-order valence-electron chi connectivity index (χ0n) is 11.0. The van der Waals surface area contributed by atoms with Crippen LogP contribution in [0.2, 0.25) is 0 Å². The van der Waals surface area contributed by atoms with Gasteiger partial charge in [0.1, 0.15) is 5.75 Å². The molecule has 1 unspecified atom stereocenters. The molecule has 2 N–H and O–H groups in total. The Morgan fingerprint density at radius 1 is 1.58 bits per heavy atom. The van der Waals surface area contributed by atoms with Crippen LogP contribution in [0.25, 0.3) is 0 Å². The second-order valence-electron chi connectivity index (χ2n) is 3.98. The highest BCUT2D eigenvalue weighted by molar-refractivity contribution is 9.10. The fourth-order valence-electron chi connectivity index (χ4n) is 1.48. The molecular formula is C14H17BrN2O2. The van der Waals surface area contributed by atoms with E-state index in [2.05, 4.69) is 32.5 Å². The molecule has 0 aliphatic rings. The third kappa shape index (κ3) is 4.93. The van der Waals surface area contributed by atoms with Gasteiger partial charge in [-0.1, -0.05) is 12.0 Å². The van der Waals surface area contributed by atoms with E-state index < -0.39 is 6.10 Å². The second kappa shape index (κ2) is 7.82. The quantitative estimate of drug-likeness (QED) is 0.783. The number of nitrogens with one attached hydrogen (secondary N) is 2. The Morgan fingerprint density at radius 3 is 2.89 bits per heavy atom. The first-order valence-electron chi connectivity index (χ1n) is 5.89. The Kier molecular flexibility index (Phi) is 6.40. The monoisotopic (exact) mass is 324 g/mol. The summed E-state index contributed by atoms with van der Waals surface area (Å²) < 4.78 is 6.41. The smallest absolute Gasteiger partial charge is 0.261 e. The van der Waals surface area contributed by atoms with Gasteiger partial charge in [-0.3, -0.25) is 4.79 Å². The van der Waals surface area contributed by atoms with E-state index in [9.17, 15) is 4.79 Å². The molecule has 1 amide bonds. The van der Waals surface area contributed by atoms with Gasteiger partial charge < -0.3 is 15.4 Å². The Hall–Kier alpha value is -1.51. The average molecular weight is 325 g/mol. The molecule has 1 aromatic rings. The minimum Gasteiger partial charge on any atom is -0.480 e. The molecule has 0 saturated carbocycles. The van der Waals surface area contributed by atoms with Gasteiger partial charge in [-0.2, -0.15) is 0 Å². The van der Waals surface area contributed by atoms with Crippen molar-refractivity contribution in [3.63, 3.8) is 0 Å². The Bertz CT molecular complexity index is 483. The van der Waals surface area contributed by atoms with Crippen molar-refractivity contribution in [3.05, 3.63) is 28.2 Å². The van der Waals surface area contributed by atoms with Gasteiger partial charge in [0, 0.05) is 6.54 Å². The van der Waals surface area contributed by atoms with Crippen LogP contribution in [-0.4, -0.2) is 25.6 Å². The van der Waals surface area contributed by atoms with E-state index in [0.29, 0.717) is 5.75 Å². The molecule has 0 aromatic heterocycles. The molecule has 0 aliphatic heterocycles. The molecule has 0 aliphatic carbocycles. The zero-order chi connectivity index (χ0) is 14.3. The summed E-state index contributed by atoms with van der Waals surface area (Å²) >= 11 is 3.43. The van der Waals surface area contributed by atoms with Crippen molar-refractivity contribution in [2.24, 2.45) is 0 Å². The molecule has 102 valence electrons. The summed E-state index contributed by atoms with van der Waals surface area (Å²) in [5, 5.41) is 5.65. The summed E-state index contributed by atoms with van der Waals surface area (Å²) in [6.45, 7) is 2.66. The molecule has 0 bridgehead atoms. The summed E-state index contributed by atoms with van der Waals surface area (Å²) in [6.07, 6.45) is 4.48. The summed E-state index contributed by atoms with van der Waals surface area (Å²) in [4.78, 5) is 11.6. The van der Waals surface area contributed by atoms with Crippen LogP contribution < -0.4 is 15.4 Å². The Balaban J connectivity index is 2.66. The maximum Gasteiger partial charge on any atom is 0.261 e. The van der Waals surface area contributed by atoms with Crippen molar-refractivity contribution >= 4 is 21.8 Å². The fraction of sp³-hybridized carbons (Fsp3) is 0.357. The van der Waals surface area contributed by atoms with Crippen molar-refractivity contribution in [1.29, 1.82) is 0 Å². The lowest BCUT2D eigenvalue weighted by molar-refractivity contribution is -0.127. The van der Waals surface area contributed by atoms with E-state index in [-0.39, 0.29) is 12.5 Å². The van der Waals surface area contributed by atoms with Crippen molar-refractivity contribution < 1.29 is 9.53 Å². The summed E-state index contributed by atoms with van der Waals surface area (Å²) in [5.74, 6) is 2.74. The topological polar surface area (TPSA) is 50.4 Å². The maximum absolute atomic E-state index is 11.6. The molecule has 0 heterocycles. The third-order valence-electron chi connectivity index (χ3n) is 2.41. The van der Waals surface area contributed by atoms with Crippen LogP contribution in [0.3, 0.4) is 0 Å². The van der Waals surface area contributed by atoms with Crippen LogP contribution in [0.1, 0.15) is 12.5 Å². The number of carbonyl (C=O) groups is 1. The lowest BCUT2D eigenvalue weighted by atomic mass is 10.2. The van der Waals surface area contributed by atoms with E-state index in [1.54, 1.807) is 6.92 Å². The molecule has 5 heteroatoms. The van der Waals surface area contributed by atoms with E-state index in [4.69, 9.17) is 11.2 Å². The zero-order valence-corrected chi connectivity index (χ0v) is 12.6. The van der Waals surface area contributed by atoms with Crippen LogP contribution in [0, 0.1) is 12.3 Å². The number of ether oxygens (including phenoxy) is 1. The molecule has 0 radical (unpaired) electrons. The third-order valence-corrected chi connectivity index (χ3v) is 3.03. The first-order valence-corrected chi connectivity index (χ1v) is 6.68. The Morgan fingerprint density at radius 2 is 2.32 bits per heavy atom. The van der Waals surface area contributed by atoms with Gasteiger partial charge in [0.15, 0.2) is 6.10 Å². The van der Waals surface area contributed by atoms with Crippen molar-refractivity contribution in [2.75, 3.05) is 13.6 Å². The highest BCUT2D eigenvalue weighted by atomic mass is 79.9. The van der Waals surface area contributed by atoms with Crippen molar-refractivity contribution in [2.45, 2.75) is 19.6 Å². The van der Waals surface area contributed by atoms with E-state index in [0.717, 1.165) is 16.6 Å². The van der Waals surface area contributed by atoms with Crippen LogP contribution in [0.5, 0.6) is 5.75 Å². The minimum atomic E-state index is -0.597. The van der Waals surface area contributed by atoms with E-state index >= 15 is 0 Å². The number of carbonyl (C=O) groups excluding carboxylic acids is 1. The number of halogens is 1. The standard InChI is InChI=1S/C14H17BrN2O2/c1-4-7-17-14(18)10(2)19-13-6-5-11(9-16-3)8-12(13)15/h1,5-6,8,10,16H,7,9H2,2-3H3,(H,17,18). The van der Waals surface area contributed by atoms with E-state index in [1.165, 1.54) is 0 Å². The number of amides is 1. The predicted molar refractivity (Wildman–Crippen MR) is 78.8 cm³/mol.